The first-order valence-corrected chi connectivity index (χ1v) is 14.2. The van der Waals surface area contributed by atoms with Crippen molar-refractivity contribution in [3.8, 4) is 22.8 Å². The van der Waals surface area contributed by atoms with Crippen molar-refractivity contribution in [1.82, 2.24) is 29.7 Å². The van der Waals surface area contributed by atoms with E-state index in [4.69, 9.17) is 24.2 Å². The molecule has 6 heterocycles. The van der Waals surface area contributed by atoms with E-state index in [2.05, 4.69) is 10.3 Å². The Balaban J connectivity index is 1.28. The van der Waals surface area contributed by atoms with Gasteiger partial charge in [-0.25, -0.2) is 14.8 Å². The quantitative estimate of drug-likeness (QED) is 0.331. The van der Waals surface area contributed by atoms with E-state index >= 15 is 0 Å². The van der Waals surface area contributed by atoms with Crippen LogP contribution in [-0.2, 0) is 10.3 Å². The molecule has 0 fully saturated rings. The SMILES string of the molecule is CN1C(=O)c2cccc(OC(F)F)c2[C@H]2CC1c1nc3ccc(-c4cnc5c(c4)OCC5(C)NC(=O)OC(C)(C)C)nc3n12. The van der Waals surface area contributed by atoms with E-state index in [1.165, 1.54) is 6.07 Å². The Kier molecular flexibility index (Phi) is 6.10. The molecule has 2 unspecified atom stereocenters. The van der Waals surface area contributed by atoms with Crippen LogP contribution in [0.15, 0.2) is 42.6 Å². The lowest BCUT2D eigenvalue weighted by Crippen LogP contribution is -2.47. The van der Waals surface area contributed by atoms with Gasteiger partial charge < -0.3 is 29.0 Å². The second-order valence-electron chi connectivity index (χ2n) is 12.5. The summed E-state index contributed by atoms with van der Waals surface area (Å²) in [5.74, 6) is 0.814. The molecule has 4 aromatic rings. The molecule has 0 radical (unpaired) electrons. The van der Waals surface area contributed by atoms with Gasteiger partial charge in [0.25, 0.3) is 5.91 Å². The number of carbonyl (C=O) groups excluding carboxylic acids is 2. The lowest BCUT2D eigenvalue weighted by atomic mass is 9.98. The number of aromatic nitrogens is 4. The predicted octanol–water partition coefficient (Wildman–Crippen LogP) is 5.35. The van der Waals surface area contributed by atoms with Gasteiger partial charge in [-0.05, 0) is 58.0 Å². The molecule has 3 aliphatic rings. The van der Waals surface area contributed by atoms with Gasteiger partial charge in [-0.2, -0.15) is 8.78 Å². The third-order valence-electron chi connectivity index (χ3n) is 8.22. The first-order chi connectivity index (χ1) is 20.8. The zero-order valence-corrected chi connectivity index (χ0v) is 24.7. The Morgan fingerprint density at radius 3 is 2.73 bits per heavy atom. The molecule has 3 aromatic heterocycles. The average Bonchev–Trinajstić information content (AvgIpc) is 3.58. The van der Waals surface area contributed by atoms with E-state index in [1.54, 1.807) is 51.0 Å². The summed E-state index contributed by atoms with van der Waals surface area (Å²) in [6.07, 6.45) is 1.54. The third kappa shape index (κ3) is 4.40. The molecular formula is C31H30F2N6O5. The maximum atomic E-state index is 13.4. The van der Waals surface area contributed by atoms with Crippen molar-refractivity contribution >= 4 is 23.2 Å². The molecule has 0 saturated heterocycles. The fourth-order valence-corrected chi connectivity index (χ4v) is 6.32. The summed E-state index contributed by atoms with van der Waals surface area (Å²) in [7, 11) is 1.69. The van der Waals surface area contributed by atoms with Crippen molar-refractivity contribution in [3.63, 3.8) is 0 Å². The summed E-state index contributed by atoms with van der Waals surface area (Å²) in [6, 6.07) is 9.23. The molecule has 3 atom stereocenters. The number of hydrogen-bond donors (Lipinski definition) is 1. The smallest absolute Gasteiger partial charge is 0.408 e. The highest BCUT2D eigenvalue weighted by molar-refractivity contribution is 5.97. The molecule has 7 rings (SSSR count). The summed E-state index contributed by atoms with van der Waals surface area (Å²) < 4.78 is 45.0. The van der Waals surface area contributed by atoms with Crippen LogP contribution in [-0.4, -0.2) is 62.3 Å². The molecule has 11 nitrogen and oxygen atoms in total. The number of halogens is 2. The summed E-state index contributed by atoms with van der Waals surface area (Å²) in [5, 5.41) is 2.87. The van der Waals surface area contributed by atoms with E-state index < -0.39 is 29.9 Å². The van der Waals surface area contributed by atoms with E-state index in [1.807, 2.05) is 29.7 Å². The van der Waals surface area contributed by atoms with Crippen molar-refractivity contribution < 1.29 is 32.6 Å². The van der Waals surface area contributed by atoms with Gasteiger partial charge in [0.05, 0.1) is 17.8 Å². The number of ether oxygens (including phenoxy) is 3. The first-order valence-electron chi connectivity index (χ1n) is 14.2. The molecule has 1 N–H and O–H groups in total. The highest BCUT2D eigenvalue weighted by atomic mass is 19.3. The van der Waals surface area contributed by atoms with Crippen molar-refractivity contribution in [2.24, 2.45) is 0 Å². The standard InChI is InChI=1S/C31H30F2N6O5/c1-30(2,3)44-29(41)37-31(4)14-42-22-11-15(13-34-24(22)31)17-9-10-18-25(35-17)39-19-12-20(26(39)36-18)38(5)27(40)16-7-6-8-21(23(16)19)43-28(32)33/h6-11,13,19-20,28H,12,14H2,1-5H3,(H,37,41)/t19-,20?,31?/m1/s1. The van der Waals surface area contributed by atoms with Crippen LogP contribution in [0.2, 0.25) is 0 Å². The Morgan fingerprint density at radius 1 is 1.18 bits per heavy atom. The molecule has 44 heavy (non-hydrogen) atoms. The van der Waals surface area contributed by atoms with Gasteiger partial charge in [0.2, 0.25) is 0 Å². The Bertz CT molecular complexity index is 1850. The molecule has 1 aromatic carbocycles. The number of rotatable bonds is 4. The van der Waals surface area contributed by atoms with Crippen LogP contribution in [0.25, 0.3) is 22.4 Å². The van der Waals surface area contributed by atoms with E-state index in [9.17, 15) is 18.4 Å². The summed E-state index contributed by atoms with van der Waals surface area (Å²) >= 11 is 0. The molecule has 3 aliphatic heterocycles. The number of carbonyl (C=O) groups is 2. The van der Waals surface area contributed by atoms with E-state index in [0.29, 0.717) is 57.2 Å². The fraction of sp³-hybridized carbons (Fsp3) is 0.387. The van der Waals surface area contributed by atoms with Gasteiger partial charge in [0.15, 0.2) is 5.65 Å². The van der Waals surface area contributed by atoms with Crippen molar-refractivity contribution in [3.05, 3.63) is 65.2 Å². The zero-order valence-electron chi connectivity index (χ0n) is 24.7. The van der Waals surface area contributed by atoms with Crippen LogP contribution < -0.4 is 14.8 Å². The molecule has 2 bridgehead atoms. The van der Waals surface area contributed by atoms with Crippen LogP contribution in [0.5, 0.6) is 11.5 Å². The Hall–Kier alpha value is -4.81. The Morgan fingerprint density at radius 2 is 1.98 bits per heavy atom. The fourth-order valence-electron chi connectivity index (χ4n) is 6.32. The lowest BCUT2D eigenvalue weighted by Gasteiger charge is -2.26. The van der Waals surface area contributed by atoms with Crippen molar-refractivity contribution in [2.45, 2.75) is 64.0 Å². The van der Waals surface area contributed by atoms with Crippen LogP contribution in [0.1, 0.15) is 73.6 Å². The third-order valence-corrected chi connectivity index (χ3v) is 8.22. The number of alkyl carbamates (subject to hydrolysis) is 1. The number of amides is 2. The second kappa shape index (κ2) is 9.60. The Labute approximate surface area is 251 Å². The number of nitrogens with zero attached hydrogens (tertiary/aromatic N) is 5. The highest BCUT2D eigenvalue weighted by Gasteiger charge is 2.45. The van der Waals surface area contributed by atoms with Gasteiger partial charge in [-0.15, -0.1) is 0 Å². The molecule has 2 amide bonds. The van der Waals surface area contributed by atoms with Crippen LogP contribution in [0.3, 0.4) is 0 Å². The van der Waals surface area contributed by atoms with Crippen LogP contribution in [0.4, 0.5) is 13.6 Å². The number of hydrogen-bond acceptors (Lipinski definition) is 8. The number of alkyl halides is 2. The molecule has 228 valence electrons. The largest absolute Gasteiger partial charge is 0.489 e. The molecule has 0 spiro atoms. The van der Waals surface area contributed by atoms with E-state index in [0.717, 1.165) is 0 Å². The average molecular weight is 605 g/mol. The van der Waals surface area contributed by atoms with Gasteiger partial charge in [0.1, 0.15) is 46.3 Å². The zero-order chi connectivity index (χ0) is 31.1. The number of nitrogens with one attached hydrogen (secondary N) is 1. The normalized spacial score (nSPS) is 21.9. The first kappa shape index (κ1) is 28.0. The lowest BCUT2D eigenvalue weighted by molar-refractivity contribution is -0.0507. The molecule has 0 saturated carbocycles. The van der Waals surface area contributed by atoms with Gasteiger partial charge in [0, 0.05) is 36.4 Å². The molecule has 13 heteroatoms. The van der Waals surface area contributed by atoms with Crippen molar-refractivity contribution in [2.75, 3.05) is 13.7 Å². The maximum absolute atomic E-state index is 13.4. The second-order valence-corrected chi connectivity index (χ2v) is 12.5. The minimum absolute atomic E-state index is 0.0428. The number of imidazole rings is 1. The molecule has 0 aliphatic carbocycles. The molecular weight excluding hydrogens is 574 g/mol. The highest BCUT2D eigenvalue weighted by Crippen LogP contribution is 2.50. The predicted molar refractivity (Wildman–Crippen MR) is 154 cm³/mol. The van der Waals surface area contributed by atoms with Crippen LogP contribution in [0, 0.1) is 0 Å². The maximum Gasteiger partial charge on any atom is 0.408 e. The summed E-state index contributed by atoms with van der Waals surface area (Å²) in [5.41, 5.74) is 2.15. The topological polar surface area (TPSA) is 121 Å². The number of fused-ring (bicyclic) bond motifs is 10. The van der Waals surface area contributed by atoms with E-state index in [-0.39, 0.29) is 24.3 Å². The number of pyridine rings is 2. The van der Waals surface area contributed by atoms with Gasteiger partial charge >= 0.3 is 12.7 Å². The van der Waals surface area contributed by atoms with Gasteiger partial charge in [-0.3, -0.25) is 9.78 Å². The monoisotopic (exact) mass is 604 g/mol. The summed E-state index contributed by atoms with van der Waals surface area (Å²) in [6.45, 7) is 4.33. The minimum Gasteiger partial charge on any atom is -0.489 e. The minimum atomic E-state index is -3.05. The van der Waals surface area contributed by atoms with Crippen molar-refractivity contribution in [1.29, 1.82) is 0 Å². The number of benzene rings is 1. The van der Waals surface area contributed by atoms with Gasteiger partial charge in [-0.1, -0.05) is 6.07 Å². The van der Waals surface area contributed by atoms with Crippen LogP contribution >= 0.6 is 0 Å². The summed E-state index contributed by atoms with van der Waals surface area (Å²) in [4.78, 5) is 41.9.